The second-order valence-corrected chi connectivity index (χ2v) is 13.1. The van der Waals surface area contributed by atoms with Crippen molar-refractivity contribution in [3.8, 4) is 12.1 Å². The van der Waals surface area contributed by atoms with Gasteiger partial charge in [0.1, 0.15) is 12.4 Å². The van der Waals surface area contributed by atoms with E-state index in [4.69, 9.17) is 14.7 Å². The molecule has 1 unspecified atom stereocenters. The molecule has 6 rings (SSSR count). The Balaban J connectivity index is 1.23. The smallest absolute Gasteiger partial charge is 0.318 e. The number of amides is 1. The Morgan fingerprint density at radius 1 is 1.23 bits per heavy atom. The zero-order valence-electron chi connectivity index (χ0n) is 26.3. The van der Waals surface area contributed by atoms with Gasteiger partial charge in [0, 0.05) is 53.8 Å². The molecule has 3 aliphatic rings. The van der Waals surface area contributed by atoms with Crippen molar-refractivity contribution in [1.29, 1.82) is 5.26 Å². The van der Waals surface area contributed by atoms with E-state index < -0.39 is 0 Å². The molecule has 0 bridgehead atoms. The number of nitrogens with one attached hydrogen (secondary N) is 3. The van der Waals surface area contributed by atoms with Crippen LogP contribution in [0.15, 0.2) is 36.4 Å². The van der Waals surface area contributed by atoms with Crippen molar-refractivity contribution < 1.29 is 9.53 Å². The first-order valence-electron chi connectivity index (χ1n) is 15.9. The summed E-state index contributed by atoms with van der Waals surface area (Å²) < 4.78 is 6.24. The third-order valence-corrected chi connectivity index (χ3v) is 9.49. The molecule has 3 atom stereocenters. The Kier molecular flexibility index (Phi) is 8.61. The van der Waals surface area contributed by atoms with Gasteiger partial charge in [-0.15, -0.1) is 0 Å². The van der Waals surface area contributed by atoms with Crippen LogP contribution in [0.4, 0.5) is 11.5 Å². The molecule has 3 N–H and O–H groups in total. The highest BCUT2D eigenvalue weighted by atomic mass is 16.5. The molecule has 0 radical (unpaired) electrons. The first-order chi connectivity index (χ1) is 21.2. The number of ether oxygens (including phenoxy) is 1. The Morgan fingerprint density at radius 3 is 2.75 bits per heavy atom. The van der Waals surface area contributed by atoms with Crippen LogP contribution in [0.25, 0.3) is 10.8 Å². The van der Waals surface area contributed by atoms with Gasteiger partial charge in [-0.1, -0.05) is 30.3 Å². The number of carbonyl (C=O) groups excluding carboxylic acids is 1. The number of likely N-dealkylation sites (N-methyl/N-ethyl adjacent to an activating group) is 1. The molecule has 1 amide bonds. The second-order valence-electron chi connectivity index (χ2n) is 13.1. The summed E-state index contributed by atoms with van der Waals surface area (Å²) in [5.41, 5.74) is 4.46. The van der Waals surface area contributed by atoms with E-state index in [9.17, 15) is 10.1 Å². The fourth-order valence-electron chi connectivity index (χ4n) is 6.64. The van der Waals surface area contributed by atoms with E-state index >= 15 is 0 Å². The van der Waals surface area contributed by atoms with E-state index in [1.54, 1.807) is 0 Å². The lowest BCUT2D eigenvalue weighted by Crippen LogP contribution is -2.40. The predicted octanol–water partition coefficient (Wildman–Crippen LogP) is 3.92. The van der Waals surface area contributed by atoms with Crippen LogP contribution in [0.2, 0.25) is 0 Å². The van der Waals surface area contributed by atoms with Gasteiger partial charge in [-0.3, -0.25) is 4.79 Å². The van der Waals surface area contributed by atoms with Crippen molar-refractivity contribution >= 4 is 28.2 Å². The average Bonchev–Trinajstić information content (AvgIpc) is 3.38. The number of benzene rings is 2. The quantitative estimate of drug-likeness (QED) is 0.282. The molecule has 3 aromatic rings. The Labute approximate surface area is 260 Å². The largest absolute Gasteiger partial charge is 0.462 e. The molecular formula is C34H44N8O2. The maximum Gasteiger partial charge on any atom is 0.318 e. The standard InChI is InChI=1S/C34H44N8O2/c1-22-8-5-9-23-10-6-12-28(31(22)23)42-17-14-26-27(20-42)38-33(44-21-25-11-7-16-41(25)4)39-32(26)36-19-24(13-15-35)37-30(43)18-29-34(2,3)40-29/h5-6,8-10,12,24-25,29,40H,7,11,13-14,16-21H2,1-4H3,(H,37,43)(H,36,38,39)/t24-,25-,29?/m0/s1. The minimum atomic E-state index is -0.338. The Bertz CT molecular complexity index is 1560. The third kappa shape index (κ3) is 6.59. The van der Waals surface area contributed by atoms with Crippen LogP contribution in [-0.4, -0.2) is 77.7 Å². The number of nitriles is 1. The van der Waals surface area contributed by atoms with Gasteiger partial charge in [0.2, 0.25) is 5.91 Å². The predicted molar refractivity (Wildman–Crippen MR) is 173 cm³/mol. The number of nitrogens with zero attached hydrogens (tertiary/aromatic N) is 5. The van der Waals surface area contributed by atoms with Gasteiger partial charge in [0.25, 0.3) is 0 Å². The van der Waals surface area contributed by atoms with Crippen molar-refractivity contribution in [2.24, 2.45) is 0 Å². The highest BCUT2D eigenvalue weighted by Crippen LogP contribution is 2.34. The lowest BCUT2D eigenvalue weighted by atomic mass is 10.00. The highest BCUT2D eigenvalue weighted by molar-refractivity contribution is 5.97. The van der Waals surface area contributed by atoms with E-state index in [-0.39, 0.29) is 30.0 Å². The van der Waals surface area contributed by atoms with Crippen molar-refractivity contribution in [2.75, 3.05) is 43.5 Å². The zero-order valence-corrected chi connectivity index (χ0v) is 26.3. The first-order valence-corrected chi connectivity index (χ1v) is 15.9. The van der Waals surface area contributed by atoms with Crippen LogP contribution in [0.1, 0.15) is 56.4 Å². The van der Waals surface area contributed by atoms with E-state index in [0.717, 1.165) is 43.0 Å². The SMILES string of the molecule is Cc1cccc2cccc(N3CCc4c(nc(OC[C@@H]5CCCN5C)nc4NC[C@H](CC#N)NC(=O)CC4NC4(C)C)C3)c12. The minimum absolute atomic E-state index is 0.0113. The number of likely N-dealkylation sites (tertiary alicyclic amines) is 1. The summed E-state index contributed by atoms with van der Waals surface area (Å²) in [7, 11) is 2.13. The van der Waals surface area contributed by atoms with Gasteiger partial charge in [0.15, 0.2) is 0 Å². The lowest BCUT2D eigenvalue weighted by molar-refractivity contribution is -0.121. The van der Waals surface area contributed by atoms with Gasteiger partial charge in [0.05, 0.1) is 30.8 Å². The molecule has 232 valence electrons. The summed E-state index contributed by atoms with van der Waals surface area (Å²) in [6, 6.07) is 15.7. The molecule has 4 heterocycles. The summed E-state index contributed by atoms with van der Waals surface area (Å²) in [4.78, 5) is 27.2. The Morgan fingerprint density at radius 2 is 2.02 bits per heavy atom. The zero-order chi connectivity index (χ0) is 30.8. The van der Waals surface area contributed by atoms with Crippen LogP contribution >= 0.6 is 0 Å². The fourth-order valence-corrected chi connectivity index (χ4v) is 6.64. The number of anilines is 2. The molecule has 10 nitrogen and oxygen atoms in total. The molecule has 1 aromatic heterocycles. The average molecular weight is 597 g/mol. The summed E-state index contributed by atoms with van der Waals surface area (Å²) >= 11 is 0. The van der Waals surface area contributed by atoms with Crippen LogP contribution in [0.3, 0.4) is 0 Å². The molecule has 2 aromatic carbocycles. The molecule has 2 fully saturated rings. The lowest BCUT2D eigenvalue weighted by Gasteiger charge is -2.32. The maximum atomic E-state index is 12.7. The molecule has 0 spiro atoms. The van der Waals surface area contributed by atoms with Crippen molar-refractivity contribution in [3.05, 3.63) is 53.2 Å². The number of aromatic nitrogens is 2. The number of fused-ring (bicyclic) bond motifs is 2. The summed E-state index contributed by atoms with van der Waals surface area (Å²) in [5.74, 6) is 0.672. The number of hydrogen-bond acceptors (Lipinski definition) is 9. The van der Waals surface area contributed by atoms with Crippen molar-refractivity contribution in [3.63, 3.8) is 0 Å². The fraction of sp³-hybridized carbons (Fsp3) is 0.529. The molecular weight excluding hydrogens is 552 g/mol. The molecule has 2 saturated heterocycles. The van der Waals surface area contributed by atoms with Gasteiger partial charge >= 0.3 is 6.01 Å². The second kappa shape index (κ2) is 12.6. The highest BCUT2D eigenvalue weighted by Gasteiger charge is 2.45. The molecule has 0 aliphatic carbocycles. The van der Waals surface area contributed by atoms with E-state index in [1.165, 1.54) is 28.4 Å². The number of carbonyl (C=O) groups is 1. The number of rotatable bonds is 11. The van der Waals surface area contributed by atoms with Gasteiger partial charge in [-0.05, 0) is 70.6 Å². The van der Waals surface area contributed by atoms with Crippen molar-refractivity contribution in [2.45, 2.75) is 83.1 Å². The third-order valence-electron chi connectivity index (χ3n) is 9.49. The van der Waals surface area contributed by atoms with Gasteiger partial charge < -0.3 is 30.5 Å². The monoisotopic (exact) mass is 596 g/mol. The van der Waals surface area contributed by atoms with Crippen molar-refractivity contribution in [1.82, 2.24) is 25.5 Å². The maximum absolute atomic E-state index is 12.7. The molecule has 3 aliphatic heterocycles. The summed E-state index contributed by atoms with van der Waals surface area (Å²) in [6.07, 6.45) is 3.64. The van der Waals surface area contributed by atoms with E-state index in [1.807, 2.05) is 0 Å². The number of hydrogen-bond donors (Lipinski definition) is 3. The van der Waals surface area contributed by atoms with E-state index in [0.29, 0.717) is 38.2 Å². The first kappa shape index (κ1) is 30.1. The van der Waals surface area contributed by atoms with Gasteiger partial charge in [-0.25, -0.2) is 0 Å². The summed E-state index contributed by atoms with van der Waals surface area (Å²) in [5, 5.41) is 21.9. The number of aryl methyl sites for hydroxylation is 1. The normalized spacial score (nSPS) is 21.4. The molecule has 44 heavy (non-hydrogen) atoms. The Hall–Kier alpha value is -3.94. The van der Waals surface area contributed by atoms with Crippen LogP contribution in [-0.2, 0) is 17.8 Å². The minimum Gasteiger partial charge on any atom is -0.462 e. The van der Waals surface area contributed by atoms with E-state index in [2.05, 4.69) is 96.0 Å². The van der Waals surface area contributed by atoms with Crippen LogP contribution < -0.4 is 25.6 Å². The van der Waals surface area contributed by atoms with Gasteiger partial charge in [-0.2, -0.15) is 15.2 Å². The van der Waals surface area contributed by atoms with Crippen LogP contribution in [0.5, 0.6) is 6.01 Å². The van der Waals surface area contributed by atoms with Crippen LogP contribution in [0, 0.1) is 18.3 Å². The topological polar surface area (TPSA) is 128 Å². The summed E-state index contributed by atoms with van der Waals surface area (Å²) in [6.45, 7) is 9.82. The molecule has 0 saturated carbocycles. The molecule has 10 heteroatoms.